The van der Waals surface area contributed by atoms with Crippen molar-refractivity contribution in [3.63, 3.8) is 0 Å². The summed E-state index contributed by atoms with van der Waals surface area (Å²) in [6, 6.07) is 6.08. The molecular weight excluding hydrogens is 418 g/mol. The van der Waals surface area contributed by atoms with Crippen molar-refractivity contribution in [1.29, 1.82) is 0 Å². The molecule has 2 heterocycles. The summed E-state index contributed by atoms with van der Waals surface area (Å²) in [5, 5.41) is 6.38. The van der Waals surface area contributed by atoms with Gasteiger partial charge in [-0.05, 0) is 47.9 Å². The predicted molar refractivity (Wildman–Crippen MR) is 97.4 cm³/mol. The molecule has 1 aromatic carbocycles. The van der Waals surface area contributed by atoms with Crippen LogP contribution in [0, 0.1) is 6.92 Å². The van der Waals surface area contributed by atoms with Gasteiger partial charge in [-0.1, -0.05) is 15.9 Å². The minimum Gasteiger partial charge on any atom is -0.351 e. The average Bonchev–Trinajstić information content (AvgIpc) is 3.11. The fourth-order valence-electron chi connectivity index (χ4n) is 2.39. The molecule has 3 aromatic rings. The standard InChI is InChI=1S/C16H13BrF2N2OS2/c1-8-21-13(15(18)19)14(24-8)16(22)20-5-4-9-7-23-12-3-2-10(17)6-11(9)12/h2-3,6-7,15H,4-5H2,1H3,(H,20,22). The lowest BCUT2D eigenvalue weighted by molar-refractivity contribution is 0.0943. The highest BCUT2D eigenvalue weighted by Gasteiger charge is 2.23. The van der Waals surface area contributed by atoms with Gasteiger partial charge in [0.05, 0.1) is 5.01 Å². The van der Waals surface area contributed by atoms with Crippen LogP contribution in [0.3, 0.4) is 0 Å². The summed E-state index contributed by atoms with van der Waals surface area (Å²) in [7, 11) is 0. The third kappa shape index (κ3) is 3.65. The number of rotatable bonds is 5. The summed E-state index contributed by atoms with van der Waals surface area (Å²) in [6.45, 7) is 2.00. The van der Waals surface area contributed by atoms with Crippen LogP contribution in [0.1, 0.15) is 32.4 Å². The zero-order valence-electron chi connectivity index (χ0n) is 12.6. The van der Waals surface area contributed by atoms with Crippen LogP contribution in [0.5, 0.6) is 0 Å². The number of aromatic nitrogens is 1. The highest BCUT2D eigenvalue weighted by atomic mass is 79.9. The first-order chi connectivity index (χ1) is 11.5. The number of thiophene rings is 1. The molecule has 8 heteroatoms. The van der Waals surface area contributed by atoms with Gasteiger partial charge >= 0.3 is 0 Å². The van der Waals surface area contributed by atoms with Gasteiger partial charge in [-0.3, -0.25) is 4.79 Å². The first-order valence-electron chi connectivity index (χ1n) is 7.15. The van der Waals surface area contributed by atoms with E-state index >= 15 is 0 Å². The van der Waals surface area contributed by atoms with Crippen molar-refractivity contribution in [2.24, 2.45) is 0 Å². The molecule has 0 spiro atoms. The molecule has 2 aromatic heterocycles. The Hall–Kier alpha value is -1.38. The number of hydrogen-bond donors (Lipinski definition) is 1. The molecular formula is C16H13BrF2N2OS2. The maximum Gasteiger partial charge on any atom is 0.282 e. The van der Waals surface area contributed by atoms with E-state index in [0.29, 0.717) is 18.0 Å². The van der Waals surface area contributed by atoms with Crippen LogP contribution in [-0.2, 0) is 6.42 Å². The Morgan fingerprint density at radius 3 is 2.96 bits per heavy atom. The SMILES string of the molecule is Cc1nc(C(F)F)c(C(=O)NCCc2csc3ccc(Br)cc23)s1. The van der Waals surface area contributed by atoms with Gasteiger partial charge in [0.25, 0.3) is 12.3 Å². The maximum atomic E-state index is 12.9. The largest absolute Gasteiger partial charge is 0.351 e. The van der Waals surface area contributed by atoms with Gasteiger partial charge in [-0.15, -0.1) is 22.7 Å². The first-order valence-corrected chi connectivity index (χ1v) is 9.64. The monoisotopic (exact) mass is 430 g/mol. The predicted octanol–water partition coefficient (Wildman–Crippen LogP) is 5.34. The van der Waals surface area contributed by atoms with E-state index in [0.717, 1.165) is 26.8 Å². The Morgan fingerprint density at radius 2 is 2.21 bits per heavy atom. The van der Waals surface area contributed by atoms with Gasteiger partial charge < -0.3 is 5.32 Å². The lowest BCUT2D eigenvalue weighted by Crippen LogP contribution is -2.25. The van der Waals surface area contributed by atoms with E-state index < -0.39 is 18.0 Å². The van der Waals surface area contributed by atoms with Crippen LogP contribution in [0.4, 0.5) is 8.78 Å². The number of fused-ring (bicyclic) bond motifs is 1. The van der Waals surface area contributed by atoms with Gasteiger partial charge in [-0.25, -0.2) is 13.8 Å². The second-order valence-electron chi connectivity index (χ2n) is 5.16. The number of benzene rings is 1. The summed E-state index contributed by atoms with van der Waals surface area (Å²) in [5.41, 5.74) is 0.700. The Morgan fingerprint density at radius 1 is 1.42 bits per heavy atom. The van der Waals surface area contributed by atoms with Gasteiger partial charge in [0.2, 0.25) is 0 Å². The quantitative estimate of drug-likeness (QED) is 0.593. The molecule has 0 fully saturated rings. The summed E-state index contributed by atoms with van der Waals surface area (Å²) in [4.78, 5) is 15.9. The maximum absolute atomic E-state index is 12.9. The van der Waals surface area contributed by atoms with Gasteiger partial charge in [0, 0.05) is 15.7 Å². The fourth-order valence-corrected chi connectivity index (χ4v) is 4.57. The molecule has 0 saturated heterocycles. The minimum absolute atomic E-state index is 0.000390. The molecule has 126 valence electrons. The second kappa shape index (κ2) is 7.25. The number of amides is 1. The highest BCUT2D eigenvalue weighted by Crippen LogP contribution is 2.29. The zero-order chi connectivity index (χ0) is 17.3. The molecule has 0 aliphatic rings. The highest BCUT2D eigenvalue weighted by molar-refractivity contribution is 9.10. The van der Waals surface area contributed by atoms with E-state index in [1.807, 2.05) is 18.2 Å². The summed E-state index contributed by atoms with van der Waals surface area (Å²) in [5.74, 6) is -0.489. The summed E-state index contributed by atoms with van der Waals surface area (Å²) in [6.07, 6.45) is -2.10. The van der Waals surface area contributed by atoms with Crippen molar-refractivity contribution in [3.8, 4) is 0 Å². The van der Waals surface area contributed by atoms with Crippen molar-refractivity contribution in [1.82, 2.24) is 10.3 Å². The smallest absolute Gasteiger partial charge is 0.282 e. The number of halogens is 3. The van der Waals surface area contributed by atoms with Crippen molar-refractivity contribution in [2.75, 3.05) is 6.54 Å². The molecule has 3 rings (SSSR count). The van der Waals surface area contributed by atoms with Crippen LogP contribution in [0.25, 0.3) is 10.1 Å². The minimum atomic E-state index is -2.74. The van der Waals surface area contributed by atoms with Crippen LogP contribution in [0.15, 0.2) is 28.1 Å². The topological polar surface area (TPSA) is 42.0 Å². The van der Waals surface area contributed by atoms with Gasteiger partial charge in [0.15, 0.2) is 0 Å². The van der Waals surface area contributed by atoms with Crippen LogP contribution in [0.2, 0.25) is 0 Å². The Kier molecular flexibility index (Phi) is 5.27. The molecule has 0 aliphatic heterocycles. The summed E-state index contributed by atoms with van der Waals surface area (Å²) < 4.78 is 28.0. The fraction of sp³-hybridized carbons (Fsp3) is 0.250. The number of nitrogens with one attached hydrogen (secondary N) is 1. The van der Waals surface area contributed by atoms with Crippen LogP contribution in [-0.4, -0.2) is 17.4 Å². The van der Waals surface area contributed by atoms with E-state index in [9.17, 15) is 13.6 Å². The van der Waals surface area contributed by atoms with Crippen LogP contribution >= 0.6 is 38.6 Å². The number of alkyl halides is 2. The molecule has 0 bridgehead atoms. The third-order valence-electron chi connectivity index (χ3n) is 3.47. The third-order valence-corrected chi connectivity index (χ3v) is 5.96. The lowest BCUT2D eigenvalue weighted by atomic mass is 10.1. The normalized spacial score (nSPS) is 11.4. The molecule has 0 radical (unpaired) electrons. The molecule has 3 nitrogen and oxygen atoms in total. The van der Waals surface area contributed by atoms with Crippen molar-refractivity contribution >= 4 is 54.6 Å². The van der Waals surface area contributed by atoms with Gasteiger partial charge in [0.1, 0.15) is 10.6 Å². The average molecular weight is 431 g/mol. The van der Waals surface area contributed by atoms with E-state index in [4.69, 9.17) is 0 Å². The Balaban J connectivity index is 1.68. The van der Waals surface area contributed by atoms with Crippen molar-refractivity contribution in [3.05, 3.63) is 49.2 Å². The van der Waals surface area contributed by atoms with E-state index in [2.05, 4.69) is 31.6 Å². The number of hydrogen-bond acceptors (Lipinski definition) is 4. The number of carbonyl (C=O) groups is 1. The molecule has 1 amide bonds. The molecule has 0 atom stereocenters. The lowest BCUT2D eigenvalue weighted by Gasteiger charge is -2.05. The molecule has 0 unspecified atom stereocenters. The molecule has 0 aliphatic carbocycles. The van der Waals surface area contributed by atoms with Crippen molar-refractivity contribution in [2.45, 2.75) is 19.8 Å². The first kappa shape index (κ1) is 17.4. The summed E-state index contributed by atoms with van der Waals surface area (Å²) >= 11 is 6.10. The zero-order valence-corrected chi connectivity index (χ0v) is 15.8. The molecule has 1 N–H and O–H groups in total. The van der Waals surface area contributed by atoms with Crippen LogP contribution < -0.4 is 5.32 Å². The van der Waals surface area contributed by atoms with E-state index in [-0.39, 0.29) is 4.88 Å². The number of thiazole rings is 1. The number of carbonyl (C=O) groups excluding carboxylic acids is 1. The van der Waals surface area contributed by atoms with E-state index in [1.165, 1.54) is 4.70 Å². The van der Waals surface area contributed by atoms with Gasteiger partial charge in [-0.2, -0.15) is 0 Å². The second-order valence-corrected chi connectivity index (χ2v) is 8.19. The molecule has 24 heavy (non-hydrogen) atoms. The van der Waals surface area contributed by atoms with E-state index in [1.54, 1.807) is 18.3 Å². The number of aryl methyl sites for hydroxylation is 1. The van der Waals surface area contributed by atoms with Crippen molar-refractivity contribution < 1.29 is 13.6 Å². The number of nitrogens with zero attached hydrogens (tertiary/aromatic N) is 1. The Labute approximate surface area is 153 Å². The Bertz CT molecular complexity index is 891. The molecule has 0 saturated carbocycles.